The highest BCUT2D eigenvalue weighted by atomic mass is 19.4. The Morgan fingerprint density at radius 2 is 1.67 bits per heavy atom. The Balaban J connectivity index is 0.000000486. The number of rotatable bonds is 2. The first-order valence-electron chi connectivity index (χ1n) is 5.19. The lowest BCUT2D eigenvalue weighted by molar-refractivity contribution is -0.192. The number of carbonyl (C=O) groups is 2. The molecule has 7 nitrogen and oxygen atoms in total. The van der Waals surface area contributed by atoms with Gasteiger partial charge in [0.2, 0.25) is 0 Å². The Morgan fingerprint density at radius 3 is 2.00 bits per heavy atom. The van der Waals surface area contributed by atoms with Gasteiger partial charge in [0.15, 0.2) is 5.96 Å². The number of carboxylic acid groups (broad SMARTS) is 2. The second-order valence-electron chi connectivity index (χ2n) is 3.65. The van der Waals surface area contributed by atoms with E-state index in [-0.39, 0.29) is 11.5 Å². The number of carboxylic acids is 2. The van der Waals surface area contributed by atoms with Gasteiger partial charge >= 0.3 is 18.1 Å². The number of hydrogen-bond acceptors (Lipinski definition) is 3. The van der Waals surface area contributed by atoms with E-state index in [1.807, 2.05) is 0 Å². The van der Waals surface area contributed by atoms with Crippen LogP contribution < -0.4 is 11.5 Å². The van der Waals surface area contributed by atoms with Gasteiger partial charge < -0.3 is 21.7 Å². The number of aromatic carboxylic acids is 1. The highest BCUT2D eigenvalue weighted by molar-refractivity contribution is 5.89. The van der Waals surface area contributed by atoms with Crippen molar-refractivity contribution < 1.29 is 33.0 Å². The lowest BCUT2D eigenvalue weighted by Gasteiger charge is -2.01. The number of aryl methyl sites for hydroxylation is 1. The summed E-state index contributed by atoms with van der Waals surface area (Å²) in [6.07, 6.45) is -5.08. The maximum atomic E-state index is 10.6. The zero-order valence-corrected chi connectivity index (χ0v) is 10.7. The molecule has 0 unspecified atom stereocenters. The number of aliphatic imine (C=N–C) groups is 1. The molecule has 0 amide bonds. The maximum absolute atomic E-state index is 10.6. The van der Waals surface area contributed by atoms with E-state index in [1.54, 1.807) is 13.0 Å². The van der Waals surface area contributed by atoms with Gasteiger partial charge in [0.25, 0.3) is 0 Å². The minimum absolute atomic E-state index is 0.0874. The molecule has 6 N–H and O–H groups in total. The van der Waals surface area contributed by atoms with Gasteiger partial charge in [-0.1, -0.05) is 6.07 Å². The normalized spacial score (nSPS) is 10.1. The summed E-state index contributed by atoms with van der Waals surface area (Å²) in [7, 11) is 0. The molecule has 0 saturated heterocycles. The van der Waals surface area contributed by atoms with Crippen LogP contribution in [-0.4, -0.2) is 34.3 Å². The first kappa shape index (κ1) is 18.2. The smallest absolute Gasteiger partial charge is 0.478 e. The number of aliphatic carboxylic acids is 1. The van der Waals surface area contributed by atoms with E-state index in [9.17, 15) is 18.0 Å². The summed E-state index contributed by atoms with van der Waals surface area (Å²) >= 11 is 0. The Hall–Kier alpha value is -2.78. The van der Waals surface area contributed by atoms with Crippen LogP contribution >= 0.6 is 0 Å². The minimum Gasteiger partial charge on any atom is -0.478 e. The monoisotopic (exact) mass is 307 g/mol. The van der Waals surface area contributed by atoms with Gasteiger partial charge in [0.05, 0.1) is 11.3 Å². The number of benzene rings is 1. The zero-order valence-electron chi connectivity index (χ0n) is 10.7. The Bertz CT molecular complexity index is 566. The molecule has 0 bridgehead atoms. The van der Waals surface area contributed by atoms with E-state index in [4.69, 9.17) is 26.5 Å². The van der Waals surface area contributed by atoms with Crippen LogP contribution in [0.2, 0.25) is 0 Å². The van der Waals surface area contributed by atoms with Crippen molar-refractivity contribution in [2.45, 2.75) is 13.1 Å². The quantitative estimate of drug-likeness (QED) is 0.478. The van der Waals surface area contributed by atoms with Crippen LogP contribution in [0.5, 0.6) is 0 Å². The van der Waals surface area contributed by atoms with Gasteiger partial charge in [-0.2, -0.15) is 13.2 Å². The highest BCUT2D eigenvalue weighted by Crippen LogP contribution is 2.19. The molecular weight excluding hydrogens is 295 g/mol. The number of alkyl halides is 3. The van der Waals surface area contributed by atoms with Gasteiger partial charge in [0, 0.05) is 0 Å². The molecule has 116 valence electrons. The van der Waals surface area contributed by atoms with Gasteiger partial charge in [-0.05, 0) is 24.6 Å². The van der Waals surface area contributed by atoms with Crippen LogP contribution in [0.1, 0.15) is 15.9 Å². The molecule has 0 spiro atoms. The van der Waals surface area contributed by atoms with Crippen molar-refractivity contribution in [3.63, 3.8) is 0 Å². The Labute approximate surface area is 116 Å². The first-order chi connectivity index (χ1) is 9.45. The van der Waals surface area contributed by atoms with Crippen molar-refractivity contribution in [3.05, 3.63) is 29.3 Å². The topological polar surface area (TPSA) is 139 Å². The molecule has 10 heteroatoms. The second-order valence-corrected chi connectivity index (χ2v) is 3.65. The third-order valence-electron chi connectivity index (χ3n) is 1.95. The van der Waals surface area contributed by atoms with Crippen molar-refractivity contribution in [2.75, 3.05) is 0 Å². The Morgan fingerprint density at radius 1 is 1.19 bits per heavy atom. The predicted octanol–water partition coefficient (Wildman–Crippen LogP) is 1.23. The van der Waals surface area contributed by atoms with E-state index in [0.29, 0.717) is 5.69 Å². The predicted molar refractivity (Wildman–Crippen MR) is 67.3 cm³/mol. The van der Waals surface area contributed by atoms with Crippen LogP contribution in [0.15, 0.2) is 23.2 Å². The summed E-state index contributed by atoms with van der Waals surface area (Å²) in [5, 5.41) is 15.8. The standard InChI is InChI=1S/C9H11N3O2.C2HF3O2/c1-5-2-3-6(8(13)14)4-7(5)12-9(10)11;3-2(4,5)1(6)7/h2-4H,1H3,(H,13,14)(H4,10,11,12);(H,6,7). The molecule has 21 heavy (non-hydrogen) atoms. The fourth-order valence-corrected chi connectivity index (χ4v) is 1.00. The van der Waals surface area contributed by atoms with E-state index in [0.717, 1.165) is 5.56 Å². The van der Waals surface area contributed by atoms with Crippen molar-refractivity contribution in [1.29, 1.82) is 0 Å². The molecule has 0 atom stereocenters. The van der Waals surface area contributed by atoms with E-state index in [2.05, 4.69) is 4.99 Å². The molecule has 0 aliphatic rings. The van der Waals surface area contributed by atoms with Crippen LogP contribution in [-0.2, 0) is 4.79 Å². The molecule has 0 aliphatic carbocycles. The van der Waals surface area contributed by atoms with Crippen LogP contribution in [0, 0.1) is 6.92 Å². The number of halogens is 3. The lowest BCUT2D eigenvalue weighted by Crippen LogP contribution is -2.22. The largest absolute Gasteiger partial charge is 0.490 e. The number of nitrogens with zero attached hydrogens (tertiary/aromatic N) is 1. The van der Waals surface area contributed by atoms with Crippen molar-refractivity contribution in [2.24, 2.45) is 16.5 Å². The molecule has 0 aliphatic heterocycles. The van der Waals surface area contributed by atoms with E-state index >= 15 is 0 Å². The molecule has 0 aromatic heterocycles. The average Bonchev–Trinajstić information content (AvgIpc) is 2.30. The van der Waals surface area contributed by atoms with Crippen molar-refractivity contribution in [3.8, 4) is 0 Å². The molecule has 0 fully saturated rings. The molecule has 0 heterocycles. The fraction of sp³-hybridized carbons (Fsp3) is 0.182. The molecule has 1 aromatic carbocycles. The molecule has 1 aromatic rings. The minimum atomic E-state index is -5.08. The summed E-state index contributed by atoms with van der Waals surface area (Å²) in [5.74, 6) is -3.85. The van der Waals surface area contributed by atoms with E-state index < -0.39 is 18.1 Å². The SMILES string of the molecule is Cc1ccc(C(=O)O)cc1N=C(N)N.O=C(O)C(F)(F)F. The Kier molecular flexibility index (Phi) is 6.18. The average molecular weight is 307 g/mol. The highest BCUT2D eigenvalue weighted by Gasteiger charge is 2.38. The third kappa shape index (κ3) is 6.80. The van der Waals surface area contributed by atoms with Gasteiger partial charge in [-0.15, -0.1) is 0 Å². The molecule has 0 radical (unpaired) electrons. The summed E-state index contributed by atoms with van der Waals surface area (Å²) < 4.78 is 31.7. The van der Waals surface area contributed by atoms with Gasteiger partial charge in [-0.25, -0.2) is 14.6 Å². The lowest BCUT2D eigenvalue weighted by atomic mass is 10.1. The third-order valence-corrected chi connectivity index (χ3v) is 1.95. The summed E-state index contributed by atoms with van der Waals surface area (Å²) in [4.78, 5) is 23.3. The van der Waals surface area contributed by atoms with Crippen LogP contribution in [0.25, 0.3) is 0 Å². The molecule has 1 rings (SSSR count). The molecule has 0 saturated carbocycles. The molecular formula is C11H12F3N3O4. The number of guanidine groups is 1. The summed E-state index contributed by atoms with van der Waals surface area (Å²) in [6, 6.07) is 4.59. The second kappa shape index (κ2) is 7.12. The zero-order chi connectivity index (χ0) is 16.8. The van der Waals surface area contributed by atoms with Crippen molar-refractivity contribution >= 4 is 23.6 Å². The van der Waals surface area contributed by atoms with E-state index in [1.165, 1.54) is 12.1 Å². The van der Waals surface area contributed by atoms with Crippen LogP contribution in [0.4, 0.5) is 18.9 Å². The van der Waals surface area contributed by atoms with Crippen molar-refractivity contribution in [1.82, 2.24) is 0 Å². The van der Waals surface area contributed by atoms with Gasteiger partial charge in [-0.3, -0.25) is 0 Å². The first-order valence-corrected chi connectivity index (χ1v) is 5.19. The van der Waals surface area contributed by atoms with Gasteiger partial charge in [0.1, 0.15) is 0 Å². The van der Waals surface area contributed by atoms with Crippen LogP contribution in [0.3, 0.4) is 0 Å². The summed E-state index contributed by atoms with van der Waals surface area (Å²) in [6.45, 7) is 1.80. The number of hydrogen-bond donors (Lipinski definition) is 4. The number of nitrogens with two attached hydrogens (primary N) is 2. The summed E-state index contributed by atoms with van der Waals surface area (Å²) in [5.41, 5.74) is 11.9. The maximum Gasteiger partial charge on any atom is 0.490 e. The fourth-order valence-electron chi connectivity index (χ4n) is 1.00.